The number of fused-ring (bicyclic) bond motifs is 1. The molecule has 4 N–H and O–H groups in total. The molecule has 1 amide bonds. The molecule has 4 aromatic rings. The summed E-state index contributed by atoms with van der Waals surface area (Å²) in [5, 5.41) is 20.1. The van der Waals surface area contributed by atoms with Gasteiger partial charge in [0.15, 0.2) is 5.78 Å². The number of methoxy groups -OCH3 is 1. The SMILES string of the molecule is COc1ncccc1-c1ccc(O)c(C2Nc3ccc(C(=O)Nc4ccc(C(C)=O)cc4)cc3N2)c1. The molecule has 3 aromatic carbocycles. The van der Waals surface area contributed by atoms with Crippen LogP contribution in [0.25, 0.3) is 11.1 Å². The second kappa shape index (κ2) is 9.42. The number of aromatic hydroxyl groups is 1. The fourth-order valence-electron chi connectivity index (χ4n) is 4.15. The molecule has 1 unspecified atom stereocenters. The summed E-state index contributed by atoms with van der Waals surface area (Å²) in [5.74, 6) is 0.325. The number of hydrogen-bond acceptors (Lipinski definition) is 7. The van der Waals surface area contributed by atoms with Crippen LogP contribution in [0.15, 0.2) is 79.0 Å². The Labute approximate surface area is 208 Å². The number of phenolic OH excluding ortho intramolecular Hbond substituents is 1. The van der Waals surface area contributed by atoms with Gasteiger partial charge < -0.3 is 25.8 Å². The van der Waals surface area contributed by atoms with Gasteiger partial charge in [-0.3, -0.25) is 9.59 Å². The third-order valence-corrected chi connectivity index (χ3v) is 6.04. The Balaban J connectivity index is 1.35. The van der Waals surface area contributed by atoms with Crippen molar-refractivity contribution in [1.29, 1.82) is 0 Å². The smallest absolute Gasteiger partial charge is 0.255 e. The highest BCUT2D eigenvalue weighted by molar-refractivity contribution is 6.06. The number of benzene rings is 3. The highest BCUT2D eigenvalue weighted by Gasteiger charge is 2.25. The quantitative estimate of drug-likeness (QED) is 0.271. The number of phenols is 1. The number of nitrogens with one attached hydrogen (secondary N) is 3. The van der Waals surface area contributed by atoms with Crippen molar-refractivity contribution < 1.29 is 19.4 Å². The van der Waals surface area contributed by atoms with Crippen LogP contribution in [0, 0.1) is 0 Å². The minimum Gasteiger partial charge on any atom is -0.508 e. The van der Waals surface area contributed by atoms with Crippen LogP contribution in [0.4, 0.5) is 17.1 Å². The van der Waals surface area contributed by atoms with E-state index in [-0.39, 0.29) is 17.4 Å². The lowest BCUT2D eigenvalue weighted by molar-refractivity contribution is 0.101. The van der Waals surface area contributed by atoms with E-state index in [1.54, 1.807) is 55.8 Å². The summed E-state index contributed by atoms with van der Waals surface area (Å²) >= 11 is 0. The number of pyridine rings is 1. The highest BCUT2D eigenvalue weighted by atomic mass is 16.5. The summed E-state index contributed by atoms with van der Waals surface area (Å²) in [6.07, 6.45) is 1.26. The molecule has 0 saturated carbocycles. The molecule has 0 radical (unpaired) electrons. The van der Waals surface area contributed by atoms with Crippen LogP contribution in [-0.4, -0.2) is 28.9 Å². The molecule has 2 heterocycles. The average Bonchev–Trinajstić information content (AvgIpc) is 3.32. The first kappa shape index (κ1) is 22.9. The summed E-state index contributed by atoms with van der Waals surface area (Å²) in [7, 11) is 1.57. The number of anilines is 3. The van der Waals surface area contributed by atoms with Crippen molar-refractivity contribution in [2.75, 3.05) is 23.1 Å². The number of hydrogen-bond donors (Lipinski definition) is 4. The third-order valence-electron chi connectivity index (χ3n) is 6.04. The van der Waals surface area contributed by atoms with Crippen molar-refractivity contribution in [3.8, 4) is 22.8 Å². The molecule has 8 nitrogen and oxygen atoms in total. The second-order valence-electron chi connectivity index (χ2n) is 8.40. The Morgan fingerprint density at radius 1 is 0.944 bits per heavy atom. The molecule has 0 aliphatic carbocycles. The predicted molar refractivity (Wildman–Crippen MR) is 139 cm³/mol. The van der Waals surface area contributed by atoms with E-state index in [0.29, 0.717) is 28.3 Å². The number of carbonyl (C=O) groups is 2. The van der Waals surface area contributed by atoms with Crippen molar-refractivity contribution in [2.45, 2.75) is 13.1 Å². The minimum atomic E-state index is -0.403. The number of ether oxygens (including phenoxy) is 1. The zero-order valence-corrected chi connectivity index (χ0v) is 19.7. The van der Waals surface area contributed by atoms with Crippen LogP contribution in [0.3, 0.4) is 0 Å². The topological polar surface area (TPSA) is 113 Å². The van der Waals surface area contributed by atoms with E-state index >= 15 is 0 Å². The molecule has 180 valence electrons. The second-order valence-corrected chi connectivity index (χ2v) is 8.40. The van der Waals surface area contributed by atoms with E-state index in [9.17, 15) is 14.7 Å². The van der Waals surface area contributed by atoms with Crippen LogP contribution in [0.1, 0.15) is 39.4 Å². The Kier molecular flexibility index (Phi) is 6.00. The maximum absolute atomic E-state index is 12.8. The van der Waals surface area contributed by atoms with Gasteiger partial charge in [0.25, 0.3) is 5.91 Å². The van der Waals surface area contributed by atoms with E-state index in [1.165, 1.54) is 6.92 Å². The number of rotatable bonds is 6. The van der Waals surface area contributed by atoms with E-state index in [1.807, 2.05) is 30.3 Å². The van der Waals surface area contributed by atoms with Crippen molar-refractivity contribution in [1.82, 2.24) is 4.98 Å². The Morgan fingerprint density at radius 3 is 2.44 bits per heavy atom. The lowest BCUT2D eigenvalue weighted by atomic mass is 10.0. The van der Waals surface area contributed by atoms with E-state index in [0.717, 1.165) is 22.5 Å². The monoisotopic (exact) mass is 480 g/mol. The van der Waals surface area contributed by atoms with Crippen molar-refractivity contribution in [2.24, 2.45) is 0 Å². The van der Waals surface area contributed by atoms with E-state index in [2.05, 4.69) is 20.9 Å². The summed E-state index contributed by atoms with van der Waals surface area (Å²) in [6.45, 7) is 1.50. The van der Waals surface area contributed by atoms with Crippen LogP contribution < -0.4 is 20.7 Å². The summed E-state index contributed by atoms with van der Waals surface area (Å²) in [5.41, 5.74) is 5.51. The Bertz CT molecular complexity index is 1470. The van der Waals surface area contributed by atoms with Gasteiger partial charge in [-0.15, -0.1) is 0 Å². The van der Waals surface area contributed by atoms with Gasteiger partial charge in [0.1, 0.15) is 11.9 Å². The fourth-order valence-corrected chi connectivity index (χ4v) is 4.15. The molecule has 1 aliphatic heterocycles. The summed E-state index contributed by atoms with van der Waals surface area (Å²) in [4.78, 5) is 28.5. The average molecular weight is 481 g/mol. The van der Waals surface area contributed by atoms with E-state index in [4.69, 9.17) is 4.74 Å². The number of nitrogens with zero attached hydrogens (tertiary/aromatic N) is 1. The maximum Gasteiger partial charge on any atom is 0.255 e. The molecule has 1 aromatic heterocycles. The van der Waals surface area contributed by atoms with Crippen molar-refractivity contribution >= 4 is 28.8 Å². The van der Waals surface area contributed by atoms with Gasteiger partial charge in [-0.25, -0.2) is 4.98 Å². The Morgan fingerprint density at radius 2 is 1.69 bits per heavy atom. The summed E-state index contributed by atoms with van der Waals surface area (Å²) in [6, 6.07) is 21.1. The van der Waals surface area contributed by atoms with E-state index < -0.39 is 6.17 Å². The number of aromatic nitrogens is 1. The molecule has 0 fully saturated rings. The lowest BCUT2D eigenvalue weighted by Gasteiger charge is -2.16. The lowest BCUT2D eigenvalue weighted by Crippen LogP contribution is -2.13. The van der Waals surface area contributed by atoms with Gasteiger partial charge in [0, 0.05) is 34.1 Å². The van der Waals surface area contributed by atoms with Crippen LogP contribution in [0.2, 0.25) is 0 Å². The van der Waals surface area contributed by atoms with Gasteiger partial charge in [-0.05, 0) is 79.2 Å². The largest absolute Gasteiger partial charge is 0.508 e. The van der Waals surface area contributed by atoms with Gasteiger partial charge in [0.05, 0.1) is 18.5 Å². The Hall–Kier alpha value is -4.85. The molecule has 1 atom stereocenters. The maximum atomic E-state index is 12.8. The van der Waals surface area contributed by atoms with Crippen molar-refractivity contribution in [3.63, 3.8) is 0 Å². The van der Waals surface area contributed by atoms with Gasteiger partial charge in [0.2, 0.25) is 5.88 Å². The van der Waals surface area contributed by atoms with Gasteiger partial charge in [-0.1, -0.05) is 6.07 Å². The summed E-state index contributed by atoms with van der Waals surface area (Å²) < 4.78 is 5.38. The minimum absolute atomic E-state index is 0.0317. The fraction of sp³-hybridized carbons (Fsp3) is 0.107. The molecule has 36 heavy (non-hydrogen) atoms. The molecule has 1 aliphatic rings. The number of carbonyl (C=O) groups excluding carboxylic acids is 2. The highest BCUT2D eigenvalue weighted by Crippen LogP contribution is 2.40. The molecular weight excluding hydrogens is 456 g/mol. The molecule has 8 heteroatoms. The first-order valence-corrected chi connectivity index (χ1v) is 11.3. The molecule has 0 bridgehead atoms. The zero-order chi connectivity index (χ0) is 25.2. The van der Waals surface area contributed by atoms with Gasteiger partial charge in [-0.2, -0.15) is 0 Å². The number of Topliss-reactive ketones (excluding diaryl/α,β-unsaturated/α-hetero) is 1. The molecule has 5 rings (SSSR count). The van der Waals surface area contributed by atoms with Crippen LogP contribution in [0.5, 0.6) is 11.6 Å². The molecular formula is C28H24N4O4. The zero-order valence-electron chi connectivity index (χ0n) is 19.7. The van der Waals surface area contributed by atoms with Gasteiger partial charge >= 0.3 is 0 Å². The number of amides is 1. The first-order valence-electron chi connectivity index (χ1n) is 11.3. The predicted octanol–water partition coefficient (Wildman–Crippen LogP) is 5.45. The van der Waals surface area contributed by atoms with Crippen molar-refractivity contribution in [3.05, 3.63) is 95.7 Å². The first-order chi connectivity index (χ1) is 17.4. The standard InChI is InChI=1S/C28H24N4O4/c1-16(33)17-5-9-20(10-6-17)30-27(35)19-7-11-23-24(15-19)32-26(31-23)22-14-18(8-12-25(22)34)21-4-3-13-29-28(21)36-2/h3-15,26,31-32,34H,1-2H3,(H,30,35). The van der Waals surface area contributed by atoms with Crippen LogP contribution in [-0.2, 0) is 0 Å². The molecule has 0 saturated heterocycles. The van der Waals surface area contributed by atoms with Crippen LogP contribution >= 0.6 is 0 Å². The third kappa shape index (κ3) is 4.44. The molecule has 0 spiro atoms. The number of ketones is 1. The normalized spacial score (nSPS) is 13.8.